The summed E-state index contributed by atoms with van der Waals surface area (Å²) in [7, 11) is 2.18. The number of aldehydes is 1. The summed E-state index contributed by atoms with van der Waals surface area (Å²) in [5.74, 6) is 2.06. The number of fused-ring (bicyclic) bond motifs is 2. The minimum Gasteiger partial charge on any atom is -0.490 e. The second-order valence-corrected chi connectivity index (χ2v) is 8.61. The number of nitrogens with two attached hydrogens (primary N) is 1. The topological polar surface area (TPSA) is 119 Å². The molecule has 2 aliphatic rings. The molecule has 1 saturated carbocycles. The van der Waals surface area contributed by atoms with Crippen molar-refractivity contribution in [1.82, 2.24) is 9.88 Å². The Balaban J connectivity index is 0.000000523. The molecule has 2 heterocycles. The van der Waals surface area contributed by atoms with Crippen LogP contribution >= 0.6 is 0 Å². The van der Waals surface area contributed by atoms with Crippen molar-refractivity contribution in [3.05, 3.63) is 30.0 Å². The largest absolute Gasteiger partial charge is 0.490 e. The van der Waals surface area contributed by atoms with Gasteiger partial charge in [0.05, 0.1) is 29.7 Å². The molecule has 0 spiro atoms. The van der Waals surface area contributed by atoms with Crippen LogP contribution < -0.4 is 15.2 Å². The third-order valence-corrected chi connectivity index (χ3v) is 5.86. The van der Waals surface area contributed by atoms with Crippen molar-refractivity contribution < 1.29 is 19.1 Å². The van der Waals surface area contributed by atoms with Gasteiger partial charge in [-0.25, -0.2) is 0 Å². The first-order chi connectivity index (χ1) is 15.3. The fourth-order valence-electron chi connectivity index (χ4n) is 4.58. The molecule has 32 heavy (non-hydrogen) atoms. The van der Waals surface area contributed by atoms with E-state index in [4.69, 9.17) is 20.5 Å². The van der Waals surface area contributed by atoms with Crippen molar-refractivity contribution in [2.75, 3.05) is 20.1 Å². The number of rotatable bonds is 6. The summed E-state index contributed by atoms with van der Waals surface area (Å²) in [6, 6.07) is 7.09. The lowest BCUT2D eigenvalue weighted by Gasteiger charge is -2.22. The van der Waals surface area contributed by atoms with Crippen LogP contribution in [0, 0.1) is 23.2 Å². The average molecular weight is 439 g/mol. The van der Waals surface area contributed by atoms with E-state index >= 15 is 0 Å². The number of nitriles is 1. The Kier molecular flexibility index (Phi) is 7.65. The number of benzene rings is 1. The predicted molar refractivity (Wildman–Crippen MR) is 120 cm³/mol. The predicted octanol–water partition coefficient (Wildman–Crippen LogP) is 2.94. The molecule has 170 valence electrons. The Morgan fingerprint density at radius 1 is 1.34 bits per heavy atom. The van der Waals surface area contributed by atoms with Crippen molar-refractivity contribution in [2.24, 2.45) is 17.6 Å². The average Bonchev–Trinajstić information content (AvgIpc) is 3.28. The van der Waals surface area contributed by atoms with Gasteiger partial charge >= 0.3 is 0 Å². The van der Waals surface area contributed by atoms with E-state index in [2.05, 4.69) is 16.9 Å². The van der Waals surface area contributed by atoms with Crippen LogP contribution in [-0.2, 0) is 4.79 Å². The molecule has 0 radical (unpaired) electrons. The minimum atomic E-state index is -0.520. The second kappa shape index (κ2) is 10.4. The lowest BCUT2D eigenvalue weighted by Crippen LogP contribution is -2.27. The fourth-order valence-corrected chi connectivity index (χ4v) is 4.58. The number of pyridine rings is 1. The van der Waals surface area contributed by atoms with Gasteiger partial charge in [-0.1, -0.05) is 0 Å². The van der Waals surface area contributed by atoms with Crippen molar-refractivity contribution in [2.45, 2.75) is 45.3 Å². The molecule has 1 aromatic heterocycles. The van der Waals surface area contributed by atoms with Crippen molar-refractivity contribution in [3.8, 4) is 17.6 Å². The molecule has 1 amide bonds. The Bertz CT molecular complexity index is 1020. The highest BCUT2D eigenvalue weighted by atomic mass is 16.5. The fraction of sp³-hybridized carbons (Fsp3) is 0.500. The Hall–Kier alpha value is -3.18. The van der Waals surface area contributed by atoms with Gasteiger partial charge < -0.3 is 24.9 Å². The van der Waals surface area contributed by atoms with Crippen molar-refractivity contribution >= 4 is 23.1 Å². The first-order valence-corrected chi connectivity index (χ1v) is 10.9. The molecule has 3 atom stereocenters. The van der Waals surface area contributed by atoms with Crippen LogP contribution in [0.1, 0.15) is 43.5 Å². The molecule has 1 aliphatic heterocycles. The highest BCUT2D eigenvalue weighted by Gasteiger charge is 2.42. The molecule has 2 fully saturated rings. The SMILES string of the molecule is CC(C)Oc1cc2c(OC3CC[C@@H]4CN(C)CC34)ccnc2cc1C(N)=O.N#CCC=O. The number of carbonyl (C=O) groups is 2. The summed E-state index contributed by atoms with van der Waals surface area (Å²) in [6.45, 7) is 6.09. The van der Waals surface area contributed by atoms with Gasteiger partial charge in [0.2, 0.25) is 0 Å². The lowest BCUT2D eigenvalue weighted by molar-refractivity contribution is -0.107. The van der Waals surface area contributed by atoms with Crippen LogP contribution in [0.15, 0.2) is 24.4 Å². The van der Waals surface area contributed by atoms with Crippen LogP contribution in [0.3, 0.4) is 0 Å². The Morgan fingerprint density at radius 3 is 2.75 bits per heavy atom. The quantitative estimate of drug-likeness (QED) is 0.689. The standard InChI is InChI=1S/C21H27N3O3.C3H3NO/c1-12(2)26-20-9-14-17(8-15(20)21(22)25)23-7-6-19(14)27-18-5-4-13-10-24(3)11-16(13)18;4-2-1-3-5/h6-9,12-13,16,18H,4-5,10-11H2,1-3H3,(H2,22,25);3H,1H2/t13-,16?,18?;/m1./s1. The smallest absolute Gasteiger partial charge is 0.252 e. The molecule has 1 saturated heterocycles. The van der Waals surface area contributed by atoms with Gasteiger partial charge in [0.25, 0.3) is 5.91 Å². The van der Waals surface area contributed by atoms with Crippen LogP contribution in [0.2, 0.25) is 0 Å². The van der Waals surface area contributed by atoms with E-state index in [1.165, 1.54) is 6.42 Å². The first kappa shape index (κ1) is 23.5. The summed E-state index contributed by atoms with van der Waals surface area (Å²) in [5.41, 5.74) is 6.58. The van der Waals surface area contributed by atoms with Gasteiger partial charge in [0.15, 0.2) is 0 Å². The molecule has 0 bridgehead atoms. The number of hydrogen-bond donors (Lipinski definition) is 1. The van der Waals surface area contributed by atoms with E-state index in [1.54, 1.807) is 18.3 Å². The summed E-state index contributed by atoms with van der Waals surface area (Å²) < 4.78 is 12.3. The zero-order chi connectivity index (χ0) is 23.3. The lowest BCUT2D eigenvalue weighted by atomic mass is 9.99. The van der Waals surface area contributed by atoms with Gasteiger partial charge in [-0.05, 0) is 57.9 Å². The monoisotopic (exact) mass is 438 g/mol. The van der Waals surface area contributed by atoms with E-state index < -0.39 is 5.91 Å². The summed E-state index contributed by atoms with van der Waals surface area (Å²) >= 11 is 0. The third kappa shape index (κ3) is 5.35. The molecule has 2 unspecified atom stereocenters. The maximum Gasteiger partial charge on any atom is 0.252 e. The van der Waals surface area contributed by atoms with E-state index in [0.29, 0.717) is 29.0 Å². The molecule has 2 N–H and O–H groups in total. The number of nitrogens with zero attached hydrogens (tertiary/aromatic N) is 3. The minimum absolute atomic E-state index is 0.0139. The van der Waals surface area contributed by atoms with E-state index in [0.717, 1.165) is 36.6 Å². The zero-order valence-electron chi connectivity index (χ0n) is 18.8. The molecule has 1 aromatic carbocycles. The van der Waals surface area contributed by atoms with Crippen LogP contribution in [0.25, 0.3) is 10.9 Å². The van der Waals surface area contributed by atoms with E-state index in [-0.39, 0.29) is 18.6 Å². The summed E-state index contributed by atoms with van der Waals surface area (Å²) in [5, 5.41) is 8.44. The molecule has 8 heteroatoms. The highest BCUT2D eigenvalue weighted by molar-refractivity contribution is 6.01. The third-order valence-electron chi connectivity index (χ3n) is 5.86. The normalized spacial score (nSPS) is 22.0. The number of likely N-dealkylation sites (tertiary alicyclic amines) is 1. The summed E-state index contributed by atoms with van der Waals surface area (Å²) in [6.07, 6.45) is 4.76. The van der Waals surface area contributed by atoms with Gasteiger partial charge in [-0.3, -0.25) is 9.78 Å². The van der Waals surface area contributed by atoms with Gasteiger partial charge in [0.1, 0.15) is 23.9 Å². The highest BCUT2D eigenvalue weighted by Crippen LogP contribution is 2.41. The molecule has 1 aliphatic carbocycles. The number of primary amides is 1. The number of carbonyl (C=O) groups excluding carboxylic acids is 2. The van der Waals surface area contributed by atoms with Gasteiger partial charge in [-0.15, -0.1) is 0 Å². The maximum absolute atomic E-state index is 11.8. The number of ether oxygens (including phenoxy) is 2. The van der Waals surface area contributed by atoms with Crippen molar-refractivity contribution in [3.63, 3.8) is 0 Å². The molecule has 8 nitrogen and oxygen atoms in total. The Morgan fingerprint density at radius 2 is 2.12 bits per heavy atom. The van der Waals surface area contributed by atoms with Gasteiger partial charge in [0, 0.05) is 30.6 Å². The van der Waals surface area contributed by atoms with Crippen LogP contribution in [-0.4, -0.2) is 54.4 Å². The van der Waals surface area contributed by atoms with Crippen LogP contribution in [0.5, 0.6) is 11.5 Å². The second-order valence-electron chi connectivity index (χ2n) is 8.61. The molecular formula is C24H30N4O4. The number of amides is 1. The van der Waals surface area contributed by atoms with Crippen LogP contribution in [0.4, 0.5) is 0 Å². The summed E-state index contributed by atoms with van der Waals surface area (Å²) in [4.78, 5) is 27.8. The van der Waals surface area contributed by atoms with E-state index in [9.17, 15) is 9.59 Å². The maximum atomic E-state index is 11.8. The number of hydrogen-bond acceptors (Lipinski definition) is 7. The molecular weight excluding hydrogens is 408 g/mol. The van der Waals surface area contributed by atoms with Crippen molar-refractivity contribution in [1.29, 1.82) is 5.26 Å². The zero-order valence-corrected chi connectivity index (χ0v) is 18.8. The van der Waals surface area contributed by atoms with E-state index in [1.807, 2.05) is 26.0 Å². The van der Waals surface area contributed by atoms with Gasteiger partial charge in [-0.2, -0.15) is 5.26 Å². The Labute approximate surface area is 188 Å². The molecule has 2 aromatic rings. The number of aromatic nitrogens is 1. The first-order valence-electron chi connectivity index (χ1n) is 10.9. The molecule has 4 rings (SSSR count).